The number of rotatable bonds is 5. The molecule has 0 bridgehead atoms. The zero-order chi connectivity index (χ0) is 14.5. The van der Waals surface area contributed by atoms with Crippen molar-refractivity contribution in [3.8, 4) is 5.75 Å². The van der Waals surface area contributed by atoms with Crippen LogP contribution in [0.4, 0.5) is 0 Å². The van der Waals surface area contributed by atoms with E-state index in [9.17, 15) is 0 Å². The summed E-state index contributed by atoms with van der Waals surface area (Å²) in [5, 5.41) is 4.16. The molecular weight excluding hydrogens is 405 g/mol. The lowest BCUT2D eigenvalue weighted by Gasteiger charge is -2.12. The van der Waals surface area contributed by atoms with Gasteiger partial charge in [0.25, 0.3) is 0 Å². The predicted octanol–water partition coefficient (Wildman–Crippen LogP) is 5.16. The van der Waals surface area contributed by atoms with Gasteiger partial charge >= 0.3 is 0 Å². The molecule has 2 aromatic rings. The van der Waals surface area contributed by atoms with Crippen LogP contribution in [0.1, 0.15) is 11.1 Å². The minimum Gasteiger partial charge on any atom is -0.495 e. The van der Waals surface area contributed by atoms with E-state index in [1.165, 1.54) is 5.56 Å². The molecule has 2 rings (SSSR count). The van der Waals surface area contributed by atoms with Gasteiger partial charge in [0.15, 0.2) is 0 Å². The van der Waals surface area contributed by atoms with Crippen molar-refractivity contribution < 1.29 is 4.74 Å². The van der Waals surface area contributed by atoms with Gasteiger partial charge in [-0.2, -0.15) is 0 Å². The zero-order valence-electron chi connectivity index (χ0n) is 10.9. The van der Waals surface area contributed by atoms with Crippen LogP contribution < -0.4 is 10.1 Å². The maximum Gasteiger partial charge on any atom is 0.137 e. The monoisotopic (exact) mass is 417 g/mol. The Morgan fingerprint density at radius 2 is 1.80 bits per heavy atom. The summed E-state index contributed by atoms with van der Waals surface area (Å²) in [6.45, 7) is 1.51. The molecule has 0 aromatic heterocycles. The van der Waals surface area contributed by atoms with Crippen molar-refractivity contribution in [3.63, 3.8) is 0 Å². The van der Waals surface area contributed by atoms with Crippen LogP contribution in [0.25, 0.3) is 0 Å². The van der Waals surface area contributed by atoms with Crippen molar-refractivity contribution in [1.82, 2.24) is 5.32 Å². The van der Waals surface area contributed by atoms with E-state index in [0.717, 1.165) is 38.4 Å². The number of halogens is 3. The molecule has 106 valence electrons. The molecule has 0 saturated carbocycles. The standard InChI is InChI=1S/C15H14Br2ClNO/c1-20-15-11(6-12(16)7-14(15)17)9-19-8-10-2-4-13(18)5-3-10/h2-7,19H,8-9H2,1H3. The summed E-state index contributed by atoms with van der Waals surface area (Å²) in [5.41, 5.74) is 2.30. The number of methoxy groups -OCH3 is 1. The lowest BCUT2D eigenvalue weighted by Crippen LogP contribution is -2.13. The fraction of sp³-hybridized carbons (Fsp3) is 0.200. The van der Waals surface area contributed by atoms with E-state index in [1.54, 1.807) is 7.11 Å². The third kappa shape index (κ3) is 4.22. The van der Waals surface area contributed by atoms with E-state index >= 15 is 0 Å². The first-order chi connectivity index (χ1) is 9.60. The summed E-state index contributed by atoms with van der Waals surface area (Å²) in [4.78, 5) is 0. The summed E-state index contributed by atoms with van der Waals surface area (Å²) in [6, 6.07) is 11.9. The quantitative estimate of drug-likeness (QED) is 0.723. The molecule has 20 heavy (non-hydrogen) atoms. The van der Waals surface area contributed by atoms with Crippen LogP contribution in [0.2, 0.25) is 5.02 Å². The minimum absolute atomic E-state index is 0.726. The average Bonchev–Trinajstić information content (AvgIpc) is 2.40. The lowest BCUT2D eigenvalue weighted by molar-refractivity contribution is 0.405. The molecule has 0 heterocycles. The van der Waals surface area contributed by atoms with E-state index in [1.807, 2.05) is 30.3 Å². The van der Waals surface area contributed by atoms with Crippen molar-refractivity contribution in [2.45, 2.75) is 13.1 Å². The van der Waals surface area contributed by atoms with E-state index < -0.39 is 0 Å². The largest absolute Gasteiger partial charge is 0.495 e. The fourth-order valence-electron chi connectivity index (χ4n) is 1.92. The topological polar surface area (TPSA) is 21.3 Å². The highest BCUT2D eigenvalue weighted by Gasteiger charge is 2.08. The van der Waals surface area contributed by atoms with Crippen molar-refractivity contribution >= 4 is 43.5 Å². The van der Waals surface area contributed by atoms with Crippen LogP contribution in [0.15, 0.2) is 45.3 Å². The van der Waals surface area contributed by atoms with Gasteiger partial charge in [-0.1, -0.05) is 39.7 Å². The molecule has 0 atom stereocenters. The number of nitrogens with one attached hydrogen (secondary N) is 1. The summed E-state index contributed by atoms with van der Waals surface area (Å²) in [7, 11) is 1.68. The molecule has 0 saturated heterocycles. The maximum absolute atomic E-state index is 5.87. The smallest absolute Gasteiger partial charge is 0.137 e. The first-order valence-electron chi connectivity index (χ1n) is 6.07. The van der Waals surface area contributed by atoms with Crippen molar-refractivity contribution in [1.29, 1.82) is 0 Å². The molecule has 0 aliphatic carbocycles. The van der Waals surface area contributed by atoms with Crippen molar-refractivity contribution in [2.24, 2.45) is 0 Å². The fourth-order valence-corrected chi connectivity index (χ4v) is 3.52. The van der Waals surface area contributed by atoms with Gasteiger partial charge in [0, 0.05) is 28.1 Å². The highest BCUT2D eigenvalue weighted by molar-refractivity contribution is 9.11. The number of ether oxygens (including phenoxy) is 1. The molecule has 1 N–H and O–H groups in total. The molecule has 0 amide bonds. The Labute approximate surface area is 140 Å². The Bertz CT molecular complexity index is 587. The van der Waals surface area contributed by atoms with Crippen molar-refractivity contribution in [3.05, 3.63) is 61.5 Å². The summed E-state index contributed by atoms with van der Waals surface area (Å²) in [6.07, 6.45) is 0. The second-order valence-corrected chi connectivity index (χ2v) is 6.52. The Morgan fingerprint density at radius 3 is 2.45 bits per heavy atom. The van der Waals surface area contributed by atoms with Crippen LogP contribution >= 0.6 is 43.5 Å². The van der Waals surface area contributed by atoms with Gasteiger partial charge in [-0.25, -0.2) is 0 Å². The van der Waals surface area contributed by atoms with E-state index in [4.69, 9.17) is 16.3 Å². The summed E-state index contributed by atoms with van der Waals surface area (Å²) < 4.78 is 7.39. The third-order valence-electron chi connectivity index (χ3n) is 2.85. The van der Waals surface area contributed by atoms with Crippen molar-refractivity contribution in [2.75, 3.05) is 7.11 Å². The van der Waals surface area contributed by atoms with Gasteiger partial charge < -0.3 is 10.1 Å². The molecule has 0 radical (unpaired) electrons. The predicted molar refractivity (Wildman–Crippen MR) is 90.4 cm³/mol. The number of hydrogen-bond donors (Lipinski definition) is 1. The van der Waals surface area contributed by atoms with Gasteiger partial charge in [-0.3, -0.25) is 0 Å². The normalized spacial score (nSPS) is 10.6. The molecule has 0 aliphatic rings. The van der Waals surface area contributed by atoms with Gasteiger partial charge in [0.05, 0.1) is 11.6 Å². The van der Waals surface area contributed by atoms with Gasteiger partial charge in [0.1, 0.15) is 5.75 Å². The van der Waals surface area contributed by atoms with Crippen LogP contribution in [0.5, 0.6) is 5.75 Å². The molecule has 0 aliphatic heterocycles. The van der Waals surface area contributed by atoms with Crippen LogP contribution in [-0.2, 0) is 13.1 Å². The first kappa shape index (κ1) is 15.8. The van der Waals surface area contributed by atoms with Gasteiger partial charge in [0.2, 0.25) is 0 Å². The Hall–Kier alpha value is -0.550. The van der Waals surface area contributed by atoms with E-state index in [2.05, 4.69) is 43.2 Å². The summed E-state index contributed by atoms with van der Waals surface area (Å²) >= 11 is 12.9. The van der Waals surface area contributed by atoms with Crippen LogP contribution in [0.3, 0.4) is 0 Å². The second kappa shape index (κ2) is 7.46. The average molecular weight is 420 g/mol. The molecule has 2 aromatic carbocycles. The van der Waals surface area contributed by atoms with E-state index in [-0.39, 0.29) is 0 Å². The molecular formula is C15H14Br2ClNO. The van der Waals surface area contributed by atoms with Crippen LogP contribution in [0, 0.1) is 0 Å². The van der Waals surface area contributed by atoms with Gasteiger partial charge in [-0.05, 0) is 45.8 Å². The number of benzene rings is 2. The third-order valence-corrected chi connectivity index (χ3v) is 4.15. The van der Waals surface area contributed by atoms with E-state index in [0.29, 0.717) is 0 Å². The molecule has 5 heteroatoms. The van der Waals surface area contributed by atoms with Gasteiger partial charge in [-0.15, -0.1) is 0 Å². The SMILES string of the molecule is COc1c(Br)cc(Br)cc1CNCc1ccc(Cl)cc1. The number of hydrogen-bond acceptors (Lipinski definition) is 2. The highest BCUT2D eigenvalue weighted by Crippen LogP contribution is 2.32. The maximum atomic E-state index is 5.87. The molecule has 0 spiro atoms. The lowest BCUT2D eigenvalue weighted by atomic mass is 10.2. The Kier molecular flexibility index (Phi) is 5.90. The Morgan fingerprint density at radius 1 is 1.10 bits per heavy atom. The second-order valence-electron chi connectivity index (χ2n) is 4.31. The minimum atomic E-state index is 0.726. The molecule has 2 nitrogen and oxygen atoms in total. The summed E-state index contributed by atoms with van der Waals surface area (Å²) in [5.74, 6) is 0.858. The first-order valence-corrected chi connectivity index (χ1v) is 8.03. The molecule has 0 unspecified atom stereocenters. The van der Waals surface area contributed by atoms with Crippen LogP contribution in [-0.4, -0.2) is 7.11 Å². The Balaban J connectivity index is 2.02. The zero-order valence-corrected chi connectivity index (χ0v) is 14.8. The molecule has 0 fully saturated rings. The highest BCUT2D eigenvalue weighted by atomic mass is 79.9.